The fourth-order valence-electron chi connectivity index (χ4n) is 3.02. The number of anilines is 2. The highest BCUT2D eigenvalue weighted by atomic mass is 16.5. The van der Waals surface area contributed by atoms with E-state index in [1.165, 1.54) is 6.33 Å². The lowest BCUT2D eigenvalue weighted by Crippen LogP contribution is -2.20. The number of fused-ring (bicyclic) bond motifs is 1. The van der Waals surface area contributed by atoms with Crippen molar-refractivity contribution in [3.05, 3.63) is 72.9 Å². The van der Waals surface area contributed by atoms with Gasteiger partial charge < -0.3 is 15.0 Å². The zero-order valence-electron chi connectivity index (χ0n) is 20.3. The minimum Gasteiger partial charge on any atom is -0.504 e. The molecule has 10 heteroatoms. The van der Waals surface area contributed by atoms with E-state index in [1.807, 2.05) is 68.4 Å². The number of benzene rings is 1. The van der Waals surface area contributed by atoms with Crippen molar-refractivity contribution in [2.45, 2.75) is 13.3 Å². The van der Waals surface area contributed by atoms with Gasteiger partial charge in [0.05, 0.1) is 36.9 Å². The number of nitrogens with one attached hydrogen (secondary N) is 2. The second-order valence-corrected chi connectivity index (χ2v) is 7.77. The van der Waals surface area contributed by atoms with Gasteiger partial charge in [-0.2, -0.15) is 10.2 Å². The molecule has 0 aliphatic heterocycles. The first-order valence-electron chi connectivity index (χ1n) is 11.1. The minimum atomic E-state index is -0.0171. The Kier molecular flexibility index (Phi) is 9.26. The second-order valence-electron chi connectivity index (χ2n) is 7.77. The molecule has 0 bridgehead atoms. The van der Waals surface area contributed by atoms with E-state index < -0.39 is 0 Å². The molecule has 0 saturated carbocycles. The van der Waals surface area contributed by atoms with Gasteiger partial charge in [0.2, 0.25) is 5.91 Å². The molecule has 0 fully saturated rings. The van der Waals surface area contributed by atoms with Crippen molar-refractivity contribution >= 4 is 40.4 Å². The number of carbonyl (C=O) groups excluding carboxylic acids is 1. The second kappa shape index (κ2) is 12.8. The first kappa shape index (κ1) is 25.3. The van der Waals surface area contributed by atoms with Crippen LogP contribution in [0.2, 0.25) is 0 Å². The Bertz CT molecular complexity index is 1240. The highest BCUT2D eigenvalue weighted by molar-refractivity contribution is 5.92. The van der Waals surface area contributed by atoms with Gasteiger partial charge in [-0.15, -0.1) is 0 Å². The van der Waals surface area contributed by atoms with Crippen LogP contribution >= 0.6 is 0 Å². The number of allylic oxidation sites excluding steroid dienone is 5. The largest absolute Gasteiger partial charge is 0.504 e. The molecule has 0 saturated heterocycles. The molecule has 0 spiro atoms. The molecule has 2 N–H and O–H groups in total. The summed E-state index contributed by atoms with van der Waals surface area (Å²) >= 11 is 0. The van der Waals surface area contributed by atoms with Crippen molar-refractivity contribution in [2.75, 3.05) is 38.5 Å². The summed E-state index contributed by atoms with van der Waals surface area (Å²) in [6.45, 7) is 2.64. The van der Waals surface area contributed by atoms with Gasteiger partial charge in [0.15, 0.2) is 11.5 Å². The van der Waals surface area contributed by atoms with Gasteiger partial charge in [0, 0.05) is 18.7 Å². The van der Waals surface area contributed by atoms with Crippen LogP contribution in [0.3, 0.4) is 0 Å². The standard InChI is InChI=1S/C25H30N8O2/c1-5-6-7-21(13-15-35-4)33-25-22(17-29-33)24(26-18-27-25)31-28-16-19-8-10-20(11-9-19)30-23(34)12-14-32(2)3/h5-11,13,15-18H,12,14H2,1-4H3,(H,30,34)(H,26,27,31)/b6-5-,15-13+,21-7+,28-16+. The lowest BCUT2D eigenvalue weighted by molar-refractivity contribution is -0.116. The normalized spacial score (nSPS) is 12.4. The molecule has 2 aromatic heterocycles. The molecular weight excluding hydrogens is 444 g/mol. The van der Waals surface area contributed by atoms with Gasteiger partial charge in [0.25, 0.3) is 0 Å². The van der Waals surface area contributed by atoms with Crippen LogP contribution in [0, 0.1) is 0 Å². The third-order valence-corrected chi connectivity index (χ3v) is 4.81. The number of methoxy groups -OCH3 is 1. The van der Waals surface area contributed by atoms with Crippen LogP contribution in [-0.2, 0) is 9.53 Å². The lowest BCUT2D eigenvalue weighted by Gasteiger charge is -2.09. The summed E-state index contributed by atoms with van der Waals surface area (Å²) < 4.78 is 6.76. The number of ether oxygens (including phenoxy) is 1. The molecule has 3 aromatic rings. The highest BCUT2D eigenvalue weighted by Crippen LogP contribution is 2.22. The van der Waals surface area contributed by atoms with Crippen molar-refractivity contribution in [3.63, 3.8) is 0 Å². The molecule has 0 aliphatic carbocycles. The van der Waals surface area contributed by atoms with Crippen molar-refractivity contribution < 1.29 is 9.53 Å². The van der Waals surface area contributed by atoms with E-state index in [2.05, 4.69) is 30.9 Å². The van der Waals surface area contributed by atoms with E-state index in [4.69, 9.17) is 4.74 Å². The number of carbonyl (C=O) groups is 1. The van der Waals surface area contributed by atoms with E-state index >= 15 is 0 Å². The highest BCUT2D eigenvalue weighted by Gasteiger charge is 2.11. The molecule has 10 nitrogen and oxygen atoms in total. The molecular formula is C25H30N8O2. The summed E-state index contributed by atoms with van der Waals surface area (Å²) in [4.78, 5) is 22.6. The van der Waals surface area contributed by atoms with Gasteiger partial charge >= 0.3 is 0 Å². The SMILES string of the molecule is C\C=C/C=C(\C=C\OC)n1ncc2c(N/N=C/c3ccc(NC(=O)CCN(C)C)cc3)ncnc21. The maximum atomic E-state index is 12.0. The van der Waals surface area contributed by atoms with Crippen LogP contribution in [0.1, 0.15) is 18.9 Å². The summed E-state index contributed by atoms with van der Waals surface area (Å²) in [6, 6.07) is 7.43. The van der Waals surface area contributed by atoms with Crippen LogP contribution in [0.15, 0.2) is 72.5 Å². The van der Waals surface area contributed by atoms with Gasteiger partial charge in [-0.3, -0.25) is 10.2 Å². The van der Waals surface area contributed by atoms with Crippen LogP contribution in [0.25, 0.3) is 16.7 Å². The maximum absolute atomic E-state index is 12.0. The Morgan fingerprint density at radius 2 is 2.03 bits per heavy atom. The smallest absolute Gasteiger partial charge is 0.225 e. The van der Waals surface area contributed by atoms with Crippen LogP contribution in [0.4, 0.5) is 11.5 Å². The lowest BCUT2D eigenvalue weighted by atomic mass is 10.2. The molecule has 0 atom stereocenters. The Hall–Kier alpha value is -4.31. The molecule has 3 rings (SSSR count). The molecule has 182 valence electrons. The van der Waals surface area contributed by atoms with Crippen molar-refractivity contribution in [1.82, 2.24) is 24.6 Å². The number of rotatable bonds is 11. The minimum absolute atomic E-state index is 0.0171. The molecule has 2 heterocycles. The number of aromatic nitrogens is 4. The number of hydrogen-bond acceptors (Lipinski definition) is 8. The van der Waals surface area contributed by atoms with Crippen molar-refractivity contribution in [2.24, 2.45) is 5.10 Å². The fourth-order valence-corrected chi connectivity index (χ4v) is 3.02. The van der Waals surface area contributed by atoms with E-state index in [9.17, 15) is 4.79 Å². The van der Waals surface area contributed by atoms with Gasteiger partial charge in [-0.05, 0) is 50.9 Å². The Morgan fingerprint density at radius 3 is 2.74 bits per heavy atom. The zero-order chi connectivity index (χ0) is 25.0. The Morgan fingerprint density at radius 1 is 1.23 bits per heavy atom. The number of hydrogen-bond donors (Lipinski definition) is 2. The van der Waals surface area contributed by atoms with E-state index in [0.29, 0.717) is 24.4 Å². The maximum Gasteiger partial charge on any atom is 0.225 e. The third-order valence-electron chi connectivity index (χ3n) is 4.81. The zero-order valence-corrected chi connectivity index (χ0v) is 20.3. The summed E-state index contributed by atoms with van der Waals surface area (Å²) in [7, 11) is 5.46. The quantitative estimate of drug-likeness (QED) is 0.189. The van der Waals surface area contributed by atoms with Gasteiger partial charge in [0.1, 0.15) is 6.33 Å². The Balaban J connectivity index is 1.70. The average Bonchev–Trinajstić information content (AvgIpc) is 3.29. The van der Waals surface area contributed by atoms with E-state index in [1.54, 1.807) is 36.5 Å². The Labute approximate surface area is 204 Å². The molecule has 0 unspecified atom stereocenters. The predicted molar refractivity (Wildman–Crippen MR) is 140 cm³/mol. The van der Waals surface area contributed by atoms with Crippen molar-refractivity contribution in [1.29, 1.82) is 0 Å². The van der Waals surface area contributed by atoms with E-state index in [0.717, 1.165) is 22.3 Å². The van der Waals surface area contributed by atoms with Crippen LogP contribution < -0.4 is 10.7 Å². The molecule has 0 radical (unpaired) electrons. The molecule has 1 amide bonds. The number of amides is 1. The van der Waals surface area contributed by atoms with E-state index in [-0.39, 0.29) is 5.91 Å². The van der Waals surface area contributed by atoms with Crippen molar-refractivity contribution in [3.8, 4) is 0 Å². The van der Waals surface area contributed by atoms with Crippen LogP contribution in [-0.4, -0.2) is 64.5 Å². The predicted octanol–water partition coefficient (Wildman–Crippen LogP) is 3.74. The first-order chi connectivity index (χ1) is 17.0. The first-order valence-corrected chi connectivity index (χ1v) is 11.1. The van der Waals surface area contributed by atoms with Gasteiger partial charge in [-0.25, -0.2) is 14.6 Å². The molecule has 0 aliphatic rings. The third kappa shape index (κ3) is 7.34. The topological polar surface area (TPSA) is 110 Å². The summed E-state index contributed by atoms with van der Waals surface area (Å²) in [5, 5.41) is 12.4. The summed E-state index contributed by atoms with van der Waals surface area (Å²) in [5.74, 6) is 0.514. The molecule has 1 aromatic carbocycles. The average molecular weight is 475 g/mol. The fraction of sp³-hybridized carbons (Fsp3) is 0.240. The molecule has 35 heavy (non-hydrogen) atoms. The van der Waals surface area contributed by atoms with Gasteiger partial charge in [-0.1, -0.05) is 24.3 Å². The summed E-state index contributed by atoms with van der Waals surface area (Å²) in [5.41, 5.74) is 5.98. The number of hydrazone groups is 1. The number of nitrogens with zero attached hydrogens (tertiary/aromatic N) is 6. The summed E-state index contributed by atoms with van der Waals surface area (Å²) in [6.07, 6.45) is 14.4. The monoisotopic (exact) mass is 474 g/mol. The van der Waals surface area contributed by atoms with Crippen LogP contribution in [0.5, 0.6) is 0 Å².